The minimum absolute atomic E-state index is 0.187. The van der Waals surface area contributed by atoms with E-state index in [2.05, 4.69) is 5.32 Å². The van der Waals surface area contributed by atoms with E-state index in [9.17, 15) is 9.18 Å². The van der Waals surface area contributed by atoms with Crippen LogP contribution in [0.4, 0.5) is 10.1 Å². The van der Waals surface area contributed by atoms with Gasteiger partial charge in [0.25, 0.3) is 5.91 Å². The zero-order valence-corrected chi connectivity index (χ0v) is 13.8. The zero-order valence-electron chi connectivity index (χ0n) is 13.8. The van der Waals surface area contributed by atoms with Crippen LogP contribution in [0.1, 0.15) is 28.9 Å². The van der Waals surface area contributed by atoms with Crippen molar-refractivity contribution >= 4 is 11.6 Å². The summed E-state index contributed by atoms with van der Waals surface area (Å²) in [5, 5.41) is 2.87. The molecule has 1 amide bonds. The second-order valence-electron chi connectivity index (χ2n) is 5.53. The highest BCUT2D eigenvalue weighted by Gasteiger charge is 2.13. The maximum atomic E-state index is 13.7. The van der Waals surface area contributed by atoms with Gasteiger partial charge in [0.1, 0.15) is 0 Å². The smallest absolute Gasteiger partial charge is 0.251 e. The maximum absolute atomic E-state index is 13.7. The molecule has 122 valence electrons. The Morgan fingerprint density at radius 3 is 2.35 bits per heavy atom. The van der Waals surface area contributed by atoms with Crippen molar-refractivity contribution in [3.63, 3.8) is 0 Å². The monoisotopic (exact) mass is 316 g/mol. The summed E-state index contributed by atoms with van der Waals surface area (Å²) in [4.78, 5) is 14.2. The van der Waals surface area contributed by atoms with E-state index in [-0.39, 0.29) is 17.7 Å². The number of ether oxygens (including phenoxy) is 1. The number of anilines is 1. The highest BCUT2D eigenvalue weighted by molar-refractivity contribution is 5.94. The van der Waals surface area contributed by atoms with Gasteiger partial charge in [-0.25, -0.2) is 4.39 Å². The van der Waals surface area contributed by atoms with E-state index in [1.807, 2.05) is 38.1 Å². The van der Waals surface area contributed by atoms with Crippen molar-refractivity contribution in [2.24, 2.45) is 0 Å². The largest absolute Gasteiger partial charge is 0.494 e. The van der Waals surface area contributed by atoms with E-state index in [1.165, 1.54) is 13.2 Å². The van der Waals surface area contributed by atoms with Gasteiger partial charge >= 0.3 is 0 Å². The first-order valence-electron chi connectivity index (χ1n) is 7.34. The highest BCUT2D eigenvalue weighted by Crippen LogP contribution is 2.22. The Kier molecular flexibility index (Phi) is 5.21. The van der Waals surface area contributed by atoms with Gasteiger partial charge in [-0.15, -0.1) is 0 Å². The van der Waals surface area contributed by atoms with Crippen molar-refractivity contribution in [1.82, 2.24) is 5.32 Å². The Bertz CT molecular complexity index is 684. The number of carbonyl (C=O) groups is 1. The molecular weight excluding hydrogens is 295 g/mol. The molecule has 2 rings (SSSR count). The summed E-state index contributed by atoms with van der Waals surface area (Å²) in [6.07, 6.45) is 0. The zero-order chi connectivity index (χ0) is 17.0. The molecule has 0 aliphatic heterocycles. The summed E-state index contributed by atoms with van der Waals surface area (Å²) in [6, 6.07) is 11.7. The summed E-state index contributed by atoms with van der Waals surface area (Å²) in [7, 11) is 5.30. The number of nitrogens with zero attached hydrogens (tertiary/aromatic N) is 1. The van der Waals surface area contributed by atoms with Crippen molar-refractivity contribution < 1.29 is 13.9 Å². The van der Waals surface area contributed by atoms with Gasteiger partial charge in [-0.3, -0.25) is 4.79 Å². The number of rotatable bonds is 5. The Labute approximate surface area is 135 Å². The number of halogens is 1. The molecule has 0 heterocycles. The Morgan fingerprint density at radius 2 is 1.83 bits per heavy atom. The predicted octanol–water partition coefficient (Wildman–Crippen LogP) is 3.39. The molecule has 2 aromatic carbocycles. The molecule has 2 aromatic rings. The average Bonchev–Trinajstić information content (AvgIpc) is 2.54. The molecule has 0 saturated heterocycles. The lowest BCUT2D eigenvalue weighted by Gasteiger charge is -2.16. The molecular formula is C18H21FN2O2. The van der Waals surface area contributed by atoms with Gasteiger partial charge in [0.05, 0.1) is 13.2 Å². The van der Waals surface area contributed by atoms with Crippen LogP contribution in [0.5, 0.6) is 5.75 Å². The lowest BCUT2D eigenvalue weighted by Crippen LogP contribution is -2.26. The number of hydrogen-bond acceptors (Lipinski definition) is 3. The Hall–Kier alpha value is -2.56. The van der Waals surface area contributed by atoms with Gasteiger partial charge in [-0.2, -0.15) is 0 Å². The van der Waals surface area contributed by atoms with Crippen LogP contribution in [-0.2, 0) is 0 Å². The number of methoxy groups -OCH3 is 1. The number of hydrogen-bond donors (Lipinski definition) is 1. The van der Waals surface area contributed by atoms with Crippen LogP contribution in [-0.4, -0.2) is 27.1 Å². The van der Waals surface area contributed by atoms with Gasteiger partial charge in [-0.05, 0) is 48.9 Å². The van der Waals surface area contributed by atoms with Crippen molar-refractivity contribution in [3.8, 4) is 5.75 Å². The van der Waals surface area contributed by atoms with E-state index in [4.69, 9.17) is 4.74 Å². The molecule has 4 nitrogen and oxygen atoms in total. The fourth-order valence-electron chi connectivity index (χ4n) is 2.23. The van der Waals surface area contributed by atoms with E-state index in [0.29, 0.717) is 11.1 Å². The van der Waals surface area contributed by atoms with E-state index in [0.717, 1.165) is 5.69 Å². The van der Waals surface area contributed by atoms with Gasteiger partial charge in [-0.1, -0.05) is 6.07 Å². The predicted molar refractivity (Wildman–Crippen MR) is 89.6 cm³/mol. The molecule has 0 bridgehead atoms. The first kappa shape index (κ1) is 16.8. The van der Waals surface area contributed by atoms with Crippen LogP contribution < -0.4 is 15.0 Å². The SMILES string of the molecule is COc1ccc([C@@H](C)NC(=O)c2ccc(N(C)C)cc2)cc1F. The van der Waals surface area contributed by atoms with E-state index >= 15 is 0 Å². The van der Waals surface area contributed by atoms with Crippen molar-refractivity contribution in [2.75, 3.05) is 26.1 Å². The molecule has 0 saturated carbocycles. The quantitative estimate of drug-likeness (QED) is 0.919. The molecule has 1 N–H and O–H groups in total. The summed E-state index contributed by atoms with van der Waals surface area (Å²) in [6.45, 7) is 1.81. The number of amides is 1. The molecule has 23 heavy (non-hydrogen) atoms. The summed E-state index contributed by atoms with van der Waals surface area (Å²) in [5.74, 6) is -0.452. The molecule has 0 spiro atoms. The van der Waals surface area contributed by atoms with Gasteiger partial charge < -0.3 is 15.0 Å². The first-order chi connectivity index (χ1) is 10.9. The summed E-state index contributed by atoms with van der Waals surface area (Å²) < 4.78 is 18.6. The first-order valence-corrected chi connectivity index (χ1v) is 7.34. The lowest BCUT2D eigenvalue weighted by atomic mass is 10.1. The molecule has 5 heteroatoms. The van der Waals surface area contributed by atoms with Crippen molar-refractivity contribution in [1.29, 1.82) is 0 Å². The molecule has 0 radical (unpaired) electrons. The lowest BCUT2D eigenvalue weighted by molar-refractivity contribution is 0.0940. The number of benzene rings is 2. The highest BCUT2D eigenvalue weighted by atomic mass is 19.1. The van der Waals surface area contributed by atoms with Gasteiger partial charge in [0.15, 0.2) is 11.6 Å². The van der Waals surface area contributed by atoms with Crippen LogP contribution in [0, 0.1) is 5.82 Å². The molecule has 0 unspecified atom stereocenters. The molecule has 0 aliphatic carbocycles. The van der Waals surface area contributed by atoms with E-state index < -0.39 is 5.82 Å². The van der Waals surface area contributed by atoms with E-state index in [1.54, 1.807) is 24.3 Å². The molecule has 0 aromatic heterocycles. The second-order valence-corrected chi connectivity index (χ2v) is 5.53. The molecule has 1 atom stereocenters. The molecule has 0 fully saturated rings. The normalized spacial score (nSPS) is 11.7. The third kappa shape index (κ3) is 4.00. The Morgan fingerprint density at radius 1 is 1.17 bits per heavy atom. The van der Waals surface area contributed by atoms with Crippen molar-refractivity contribution in [2.45, 2.75) is 13.0 Å². The number of carbonyl (C=O) groups excluding carboxylic acids is 1. The fraction of sp³-hybridized carbons (Fsp3) is 0.278. The van der Waals surface area contributed by atoms with Crippen LogP contribution >= 0.6 is 0 Å². The summed E-state index contributed by atoms with van der Waals surface area (Å²) in [5.41, 5.74) is 2.27. The topological polar surface area (TPSA) is 41.6 Å². The standard InChI is InChI=1S/C18H21FN2O2/c1-12(14-7-10-17(23-4)16(19)11-14)20-18(22)13-5-8-15(9-6-13)21(2)3/h5-12H,1-4H3,(H,20,22)/t12-/m1/s1. The van der Waals surface area contributed by atoms with Crippen LogP contribution in [0.25, 0.3) is 0 Å². The van der Waals surface area contributed by atoms with Gasteiger partial charge in [0.2, 0.25) is 0 Å². The Balaban J connectivity index is 2.08. The number of nitrogens with one attached hydrogen (secondary N) is 1. The minimum atomic E-state index is -0.443. The summed E-state index contributed by atoms with van der Waals surface area (Å²) >= 11 is 0. The van der Waals surface area contributed by atoms with Gasteiger partial charge in [0, 0.05) is 25.3 Å². The maximum Gasteiger partial charge on any atom is 0.251 e. The second kappa shape index (κ2) is 7.13. The van der Waals surface area contributed by atoms with Crippen LogP contribution in [0.15, 0.2) is 42.5 Å². The van der Waals surface area contributed by atoms with Crippen LogP contribution in [0.3, 0.4) is 0 Å². The average molecular weight is 316 g/mol. The molecule has 0 aliphatic rings. The van der Waals surface area contributed by atoms with Crippen LogP contribution in [0.2, 0.25) is 0 Å². The fourth-order valence-corrected chi connectivity index (χ4v) is 2.23. The third-order valence-corrected chi connectivity index (χ3v) is 3.67. The van der Waals surface area contributed by atoms with Crippen molar-refractivity contribution in [3.05, 3.63) is 59.4 Å². The minimum Gasteiger partial charge on any atom is -0.494 e. The third-order valence-electron chi connectivity index (χ3n) is 3.67.